The minimum atomic E-state index is -0.327. The molecule has 6 saturated carbocycles. The van der Waals surface area contributed by atoms with Gasteiger partial charge >= 0.3 is 69.5 Å². The fourth-order valence-electron chi connectivity index (χ4n) is 18.0. The summed E-state index contributed by atoms with van der Waals surface area (Å²) in [4.78, 5) is 0. The van der Waals surface area contributed by atoms with Gasteiger partial charge in [0.1, 0.15) is 0 Å². The van der Waals surface area contributed by atoms with Gasteiger partial charge in [-0.2, -0.15) is 0 Å². The van der Waals surface area contributed by atoms with Crippen molar-refractivity contribution in [3.05, 3.63) is 23.3 Å². The molecule has 3 heteroatoms. The Kier molecular flexibility index (Phi) is 20.2. The number of hydrogen-bond donors (Lipinski definition) is 0. The molecule has 2 nitrogen and oxygen atoms in total. The molecule has 0 radical (unpaired) electrons. The van der Waals surface area contributed by atoms with Crippen LogP contribution in [-0.2, 0) is 0 Å². The van der Waals surface area contributed by atoms with Crippen LogP contribution in [0.2, 0.25) is 8.87 Å². The fourth-order valence-corrected chi connectivity index (χ4v) is 22.2. The van der Waals surface area contributed by atoms with Crippen LogP contribution in [0.15, 0.2) is 23.3 Å². The zero-order valence-corrected chi connectivity index (χ0v) is 48.2. The van der Waals surface area contributed by atoms with Crippen molar-refractivity contribution in [2.75, 3.05) is 0 Å². The van der Waals surface area contributed by atoms with E-state index >= 15 is 0 Å². The molecule has 0 aromatic rings. The van der Waals surface area contributed by atoms with E-state index in [2.05, 4.69) is 95.2 Å². The van der Waals surface area contributed by atoms with Crippen LogP contribution in [0.25, 0.3) is 0 Å². The van der Waals surface area contributed by atoms with Crippen molar-refractivity contribution in [2.24, 2.45) is 92.7 Å². The van der Waals surface area contributed by atoms with Gasteiger partial charge in [-0.25, -0.2) is 0 Å². The standard InChI is InChI=1S/2C27H45O.2C4H9.Sn/c2*1-18(2)7-6-8-19(3)23-11-12-24-22-10-9-20-17-21(28)13-15-26(20,4)25(22)14-16-27(23,24)5;2*1-3-4-2;/h2*9,18-19,21-25H,6-8,10-17H2,1-5H3;2*1,3-4H2,2H3;/q2*-1;;;+2/t2*19?,21-,22?,23+,24?,25?,26-,27+;;;/m00.../s1. The van der Waals surface area contributed by atoms with Gasteiger partial charge in [-0.15, -0.1) is 12.2 Å². The molecule has 0 N–H and O–H groups in total. The predicted octanol–water partition coefficient (Wildman–Crippen LogP) is 16.6. The Morgan fingerprint density at radius 3 is 1.28 bits per heavy atom. The van der Waals surface area contributed by atoms with Gasteiger partial charge < -0.3 is 10.2 Å². The van der Waals surface area contributed by atoms with E-state index in [9.17, 15) is 10.2 Å². The Hall–Kier alpha value is 0.199. The summed E-state index contributed by atoms with van der Waals surface area (Å²) in [5, 5.41) is 24.3. The zero-order chi connectivity index (χ0) is 47.2. The Bertz CT molecular complexity index is 1400. The first-order valence-corrected chi connectivity index (χ1v) is 33.4. The molecule has 0 saturated heterocycles. The van der Waals surface area contributed by atoms with Gasteiger partial charge in [0.05, 0.1) is 0 Å². The second kappa shape index (κ2) is 24.1. The number of allylic oxidation sites excluding steroid dienone is 2. The van der Waals surface area contributed by atoms with Crippen LogP contribution in [0.3, 0.4) is 0 Å². The molecule has 0 spiro atoms. The maximum atomic E-state index is 12.1. The third-order valence-electron chi connectivity index (χ3n) is 21.9. The molecule has 0 aromatic carbocycles. The zero-order valence-electron chi connectivity index (χ0n) is 45.4. The number of hydrogen-bond acceptors (Lipinski definition) is 2. The number of fused-ring (bicyclic) bond motifs is 10. The number of rotatable bonds is 16. The van der Waals surface area contributed by atoms with Crippen molar-refractivity contribution in [2.45, 2.75) is 271 Å². The quantitative estimate of drug-likeness (QED) is 0.0879. The van der Waals surface area contributed by atoms with Crippen LogP contribution in [0.5, 0.6) is 0 Å². The maximum absolute atomic E-state index is 12.1. The summed E-state index contributed by atoms with van der Waals surface area (Å²) in [6.07, 6.45) is 38.8. The number of unbranched alkanes of at least 4 members (excludes halogenated alkanes) is 2. The molecule has 0 heterocycles. The summed E-state index contributed by atoms with van der Waals surface area (Å²) in [5.41, 5.74) is 4.98. The van der Waals surface area contributed by atoms with Crippen molar-refractivity contribution < 1.29 is 10.2 Å². The first-order valence-electron chi connectivity index (χ1n) is 29.3. The van der Waals surface area contributed by atoms with Gasteiger partial charge in [0.15, 0.2) is 0 Å². The van der Waals surface area contributed by atoms with E-state index in [0.29, 0.717) is 21.7 Å². The van der Waals surface area contributed by atoms with Crippen LogP contribution in [-0.4, -0.2) is 33.4 Å². The summed E-state index contributed by atoms with van der Waals surface area (Å²) in [5.74, 6) is 10.7. The van der Waals surface area contributed by atoms with Gasteiger partial charge in [0.2, 0.25) is 0 Å². The summed E-state index contributed by atoms with van der Waals surface area (Å²) in [6.45, 7) is 29.6. The van der Waals surface area contributed by atoms with E-state index in [-0.39, 0.29) is 33.4 Å². The summed E-state index contributed by atoms with van der Waals surface area (Å²) >= 11 is 0.149. The summed E-state index contributed by atoms with van der Waals surface area (Å²) < 4.78 is 3.25. The Morgan fingerprint density at radius 1 is 0.508 bits per heavy atom. The van der Waals surface area contributed by atoms with E-state index in [1.165, 1.54) is 128 Å². The Morgan fingerprint density at radius 2 is 0.908 bits per heavy atom. The first kappa shape index (κ1) is 54.5. The Labute approximate surface area is 416 Å². The van der Waals surface area contributed by atoms with E-state index in [1.807, 2.05) is 0 Å². The van der Waals surface area contributed by atoms with Crippen molar-refractivity contribution in [1.29, 1.82) is 0 Å². The van der Waals surface area contributed by atoms with E-state index < -0.39 is 0 Å². The third kappa shape index (κ3) is 12.3. The normalized spacial score (nSPS) is 41.4. The first-order chi connectivity index (χ1) is 30.9. The van der Waals surface area contributed by atoms with Crippen molar-refractivity contribution >= 4 is 21.1 Å². The average Bonchev–Trinajstić information content (AvgIpc) is 3.81. The van der Waals surface area contributed by atoms with Crippen LogP contribution in [0.1, 0.15) is 250 Å². The second-order valence-corrected chi connectivity index (χ2v) is 31.0. The topological polar surface area (TPSA) is 46.1 Å². The molecular weight excluding hydrogens is 895 g/mol. The molecule has 8 unspecified atom stereocenters. The monoisotopic (exact) mass is 1000 g/mol. The van der Waals surface area contributed by atoms with Crippen molar-refractivity contribution in [3.8, 4) is 0 Å². The third-order valence-corrected chi connectivity index (χ3v) is 26.0. The summed E-state index contributed by atoms with van der Waals surface area (Å²) in [7, 11) is 0. The van der Waals surface area contributed by atoms with Crippen LogP contribution in [0.4, 0.5) is 0 Å². The van der Waals surface area contributed by atoms with E-state index in [1.54, 1.807) is 20.0 Å². The SMILES string of the molecule is CC(C)CCCC(C)[C@H]1CCC2C3CC=C4C[C@@H]([O-])CC[C@]4(C)C3CC[C@@]21C.CC(C)CCCC(C)[C@H]1CCC2C3CC=C4C[C@@H]([O-])CC[C@]4(C)C3CC[C@@]21C.CCC[CH2][Sn+2][CH2]CCC. The molecule has 0 amide bonds. The molecule has 16 atom stereocenters. The van der Waals surface area contributed by atoms with E-state index in [0.717, 1.165) is 110 Å². The fraction of sp³-hybridized carbons (Fsp3) is 0.935. The molecule has 8 aliphatic rings. The van der Waals surface area contributed by atoms with E-state index in [4.69, 9.17) is 0 Å². The second-order valence-electron chi connectivity index (χ2n) is 26.8. The van der Waals surface area contributed by atoms with Crippen molar-refractivity contribution in [1.82, 2.24) is 0 Å². The van der Waals surface area contributed by atoms with Gasteiger partial charge in [0, 0.05) is 0 Å². The molecule has 8 aliphatic carbocycles. The molecule has 0 aliphatic heterocycles. The predicted molar refractivity (Wildman–Crippen MR) is 279 cm³/mol. The molecule has 8 rings (SSSR count). The van der Waals surface area contributed by atoms with Gasteiger partial charge in [-0.1, -0.05) is 144 Å². The molecule has 372 valence electrons. The van der Waals surface area contributed by atoms with Gasteiger partial charge in [-0.05, 0) is 183 Å². The average molecular weight is 1000 g/mol. The van der Waals surface area contributed by atoms with Gasteiger partial charge in [0.25, 0.3) is 0 Å². The van der Waals surface area contributed by atoms with Gasteiger partial charge in [-0.3, -0.25) is 0 Å². The van der Waals surface area contributed by atoms with Crippen LogP contribution in [0, 0.1) is 92.7 Å². The molecule has 6 fully saturated rings. The van der Waals surface area contributed by atoms with Crippen LogP contribution < -0.4 is 10.2 Å². The Balaban J connectivity index is 0.000000182. The molecule has 65 heavy (non-hydrogen) atoms. The van der Waals surface area contributed by atoms with Crippen LogP contribution >= 0.6 is 0 Å². The summed E-state index contributed by atoms with van der Waals surface area (Å²) in [6, 6.07) is 0. The van der Waals surface area contributed by atoms with Crippen molar-refractivity contribution in [3.63, 3.8) is 0 Å². The minimum absolute atomic E-state index is 0.149. The molecular formula is C62H108O2Sn. The molecule has 0 aromatic heterocycles. The molecule has 0 bridgehead atoms.